The number of nitrogens with zero attached hydrogens (tertiary/aromatic N) is 1. The second kappa shape index (κ2) is 5.37. The molecule has 0 saturated carbocycles. The van der Waals surface area contributed by atoms with Crippen LogP contribution in [0.4, 0.5) is 16.5 Å². The molecule has 4 nitrogen and oxygen atoms in total. The van der Waals surface area contributed by atoms with Crippen LogP contribution in [0.25, 0.3) is 10.2 Å². The largest absolute Gasteiger partial charge is 0.399 e. The lowest BCUT2D eigenvalue weighted by atomic mass is 10.3. The van der Waals surface area contributed by atoms with Crippen LogP contribution >= 0.6 is 11.3 Å². The fourth-order valence-electron chi connectivity index (χ4n) is 1.41. The number of nitrogen functional groups attached to an aromatic ring is 3. The highest BCUT2D eigenvalue weighted by Gasteiger charge is 1.99. The third-order valence-electron chi connectivity index (χ3n) is 2.23. The van der Waals surface area contributed by atoms with Gasteiger partial charge >= 0.3 is 0 Å². The number of thiazole rings is 1. The summed E-state index contributed by atoms with van der Waals surface area (Å²) in [6.07, 6.45) is 0. The van der Waals surface area contributed by atoms with Crippen molar-refractivity contribution in [2.75, 3.05) is 17.2 Å². The lowest BCUT2D eigenvalue weighted by molar-refractivity contribution is 1.50. The molecule has 0 aliphatic rings. The molecule has 3 aromatic rings. The maximum atomic E-state index is 5.57. The fourth-order valence-corrected chi connectivity index (χ4v) is 2.19. The molecule has 0 amide bonds. The second-order valence-electron chi connectivity index (χ2n) is 3.69. The number of nitrogens with two attached hydrogens (primary N) is 3. The predicted molar refractivity (Wildman–Crippen MR) is 79.3 cm³/mol. The Morgan fingerprint density at radius 3 is 2.17 bits per heavy atom. The van der Waals surface area contributed by atoms with Crippen LogP contribution in [0, 0.1) is 0 Å². The Morgan fingerprint density at radius 2 is 1.56 bits per heavy atom. The van der Waals surface area contributed by atoms with Gasteiger partial charge in [0.2, 0.25) is 0 Å². The second-order valence-corrected chi connectivity index (χ2v) is 4.75. The van der Waals surface area contributed by atoms with Crippen molar-refractivity contribution in [2.24, 2.45) is 0 Å². The molecule has 1 heterocycles. The molecule has 0 saturated heterocycles. The number of benzene rings is 2. The van der Waals surface area contributed by atoms with Crippen molar-refractivity contribution < 1.29 is 0 Å². The van der Waals surface area contributed by atoms with E-state index in [0.717, 1.165) is 21.6 Å². The summed E-state index contributed by atoms with van der Waals surface area (Å²) >= 11 is 1.45. The van der Waals surface area contributed by atoms with Gasteiger partial charge in [0, 0.05) is 11.4 Å². The van der Waals surface area contributed by atoms with Crippen LogP contribution in [0.3, 0.4) is 0 Å². The maximum absolute atomic E-state index is 5.57. The van der Waals surface area contributed by atoms with Gasteiger partial charge in [-0.1, -0.05) is 29.5 Å². The van der Waals surface area contributed by atoms with E-state index >= 15 is 0 Å². The molecule has 0 atom stereocenters. The molecule has 0 fully saturated rings. The highest BCUT2D eigenvalue weighted by Crippen LogP contribution is 2.24. The van der Waals surface area contributed by atoms with Crippen molar-refractivity contribution in [1.82, 2.24) is 4.98 Å². The zero-order valence-corrected chi connectivity index (χ0v) is 10.5. The number of fused-ring (bicyclic) bond motifs is 1. The smallest absolute Gasteiger partial charge is 0.181 e. The molecule has 2 aromatic carbocycles. The van der Waals surface area contributed by atoms with Crippen LogP contribution in [0.5, 0.6) is 0 Å². The molecule has 0 bridgehead atoms. The van der Waals surface area contributed by atoms with Gasteiger partial charge in [-0.2, -0.15) is 0 Å². The van der Waals surface area contributed by atoms with Crippen molar-refractivity contribution in [3.63, 3.8) is 0 Å². The Kier molecular flexibility index (Phi) is 3.64. The minimum Gasteiger partial charge on any atom is -0.399 e. The van der Waals surface area contributed by atoms with E-state index in [1.165, 1.54) is 11.3 Å². The van der Waals surface area contributed by atoms with Gasteiger partial charge in [0.25, 0.3) is 0 Å². The Bertz CT molecular complexity index is 634. The van der Waals surface area contributed by atoms with E-state index in [1.807, 2.05) is 48.5 Å². The zero-order valence-electron chi connectivity index (χ0n) is 9.71. The first kappa shape index (κ1) is 12.2. The predicted octanol–water partition coefficient (Wildman–Crippen LogP) is 2.73. The molecule has 0 radical (unpaired) electrons. The number of para-hydroxylation sites is 1. The molecule has 92 valence electrons. The lowest BCUT2D eigenvalue weighted by Gasteiger charge is -1.88. The molecular formula is C13H14N4S. The highest BCUT2D eigenvalue weighted by atomic mass is 32.1. The third kappa shape index (κ3) is 3.11. The first-order valence-electron chi connectivity index (χ1n) is 5.37. The molecule has 0 aliphatic carbocycles. The molecular weight excluding hydrogens is 244 g/mol. The summed E-state index contributed by atoms with van der Waals surface area (Å²) in [4.78, 5) is 4.10. The number of anilines is 3. The summed E-state index contributed by atoms with van der Waals surface area (Å²) in [6, 6.07) is 15.1. The van der Waals surface area contributed by atoms with E-state index in [-0.39, 0.29) is 0 Å². The van der Waals surface area contributed by atoms with Gasteiger partial charge in [-0.15, -0.1) is 0 Å². The van der Waals surface area contributed by atoms with Gasteiger partial charge in [-0.3, -0.25) is 0 Å². The van der Waals surface area contributed by atoms with Crippen LogP contribution < -0.4 is 17.2 Å². The minimum atomic E-state index is 0.589. The lowest BCUT2D eigenvalue weighted by Crippen LogP contribution is -1.81. The van der Waals surface area contributed by atoms with E-state index < -0.39 is 0 Å². The monoisotopic (exact) mass is 258 g/mol. The summed E-state index contributed by atoms with van der Waals surface area (Å²) in [5, 5.41) is 0.589. The van der Waals surface area contributed by atoms with Crippen molar-refractivity contribution in [1.29, 1.82) is 0 Å². The first-order valence-corrected chi connectivity index (χ1v) is 6.19. The summed E-state index contributed by atoms with van der Waals surface area (Å²) in [5.41, 5.74) is 18.9. The number of rotatable bonds is 0. The molecule has 18 heavy (non-hydrogen) atoms. The highest BCUT2D eigenvalue weighted by molar-refractivity contribution is 7.22. The van der Waals surface area contributed by atoms with Crippen LogP contribution in [0.1, 0.15) is 0 Å². The number of hydrogen-bond acceptors (Lipinski definition) is 5. The average molecular weight is 258 g/mol. The van der Waals surface area contributed by atoms with Gasteiger partial charge in [-0.05, 0) is 30.3 Å². The number of aromatic nitrogens is 1. The SMILES string of the molecule is Nc1ccc2nc(N)sc2c1.Nc1ccccc1. The van der Waals surface area contributed by atoms with Gasteiger partial charge in [-0.25, -0.2) is 4.98 Å². The molecule has 0 aliphatic heterocycles. The summed E-state index contributed by atoms with van der Waals surface area (Å²) in [5.74, 6) is 0. The standard InChI is InChI=1S/C7H7N3S.C6H7N/c8-4-1-2-5-6(3-4)11-7(9)10-5;7-6-4-2-1-3-5-6/h1-3H,8H2,(H2,9,10);1-5H,7H2. The van der Waals surface area contributed by atoms with Gasteiger partial charge in [0.15, 0.2) is 5.13 Å². The summed E-state index contributed by atoms with van der Waals surface area (Å²) in [6.45, 7) is 0. The van der Waals surface area contributed by atoms with E-state index in [1.54, 1.807) is 0 Å². The topological polar surface area (TPSA) is 90.9 Å². The zero-order chi connectivity index (χ0) is 13.0. The van der Waals surface area contributed by atoms with Gasteiger partial charge in [0.05, 0.1) is 10.2 Å². The molecule has 0 unspecified atom stereocenters. The summed E-state index contributed by atoms with van der Waals surface area (Å²) in [7, 11) is 0. The van der Waals surface area contributed by atoms with Crippen LogP contribution in [-0.2, 0) is 0 Å². The van der Waals surface area contributed by atoms with Crippen LogP contribution in [0.15, 0.2) is 48.5 Å². The van der Waals surface area contributed by atoms with Crippen molar-refractivity contribution in [3.05, 3.63) is 48.5 Å². The van der Waals surface area contributed by atoms with Gasteiger partial charge in [0.1, 0.15) is 0 Å². The van der Waals surface area contributed by atoms with Crippen LogP contribution in [-0.4, -0.2) is 4.98 Å². The summed E-state index contributed by atoms with van der Waals surface area (Å²) < 4.78 is 1.04. The van der Waals surface area contributed by atoms with Crippen molar-refractivity contribution >= 4 is 38.1 Å². The quantitative estimate of drug-likeness (QED) is 0.541. The molecule has 5 heteroatoms. The van der Waals surface area contributed by atoms with E-state index in [4.69, 9.17) is 17.2 Å². The normalized spacial score (nSPS) is 9.78. The van der Waals surface area contributed by atoms with E-state index in [9.17, 15) is 0 Å². The average Bonchev–Trinajstić information content (AvgIpc) is 2.70. The Labute approximate surface area is 109 Å². The van der Waals surface area contributed by atoms with Gasteiger partial charge < -0.3 is 17.2 Å². The van der Waals surface area contributed by atoms with E-state index in [2.05, 4.69) is 4.98 Å². The molecule has 6 N–H and O–H groups in total. The van der Waals surface area contributed by atoms with Crippen molar-refractivity contribution in [2.45, 2.75) is 0 Å². The van der Waals surface area contributed by atoms with E-state index in [0.29, 0.717) is 5.13 Å². The molecule has 1 aromatic heterocycles. The Balaban J connectivity index is 0.000000149. The Hall–Kier alpha value is -2.27. The fraction of sp³-hybridized carbons (Fsp3) is 0. The van der Waals surface area contributed by atoms with Crippen molar-refractivity contribution in [3.8, 4) is 0 Å². The third-order valence-corrected chi connectivity index (χ3v) is 3.08. The maximum Gasteiger partial charge on any atom is 0.181 e. The van der Waals surface area contributed by atoms with Crippen LogP contribution in [0.2, 0.25) is 0 Å². The minimum absolute atomic E-state index is 0.589. The first-order chi connectivity index (χ1) is 8.65. The molecule has 3 rings (SSSR count). The number of hydrogen-bond donors (Lipinski definition) is 3. The molecule has 0 spiro atoms. The Morgan fingerprint density at radius 1 is 0.833 bits per heavy atom.